The summed E-state index contributed by atoms with van der Waals surface area (Å²) in [6.45, 7) is 4.65. The van der Waals surface area contributed by atoms with E-state index in [9.17, 15) is 9.59 Å². The van der Waals surface area contributed by atoms with E-state index in [1.54, 1.807) is 9.58 Å². The molecule has 2 aromatic heterocycles. The van der Waals surface area contributed by atoms with Crippen molar-refractivity contribution in [1.82, 2.24) is 19.3 Å². The second kappa shape index (κ2) is 7.50. The van der Waals surface area contributed by atoms with Crippen molar-refractivity contribution in [3.05, 3.63) is 82.0 Å². The number of anilines is 1. The number of nitrogens with zero attached hydrogens (tertiary/aromatic N) is 5. The monoisotopic (exact) mass is 413 g/mol. The first-order valence-corrected chi connectivity index (χ1v) is 10.4. The van der Waals surface area contributed by atoms with Crippen LogP contribution in [-0.2, 0) is 17.8 Å². The molecule has 3 heterocycles. The minimum atomic E-state index is -0.264. The number of benzene rings is 2. The number of fused-ring (bicyclic) bond motifs is 2. The lowest BCUT2D eigenvalue weighted by Crippen LogP contribution is -2.39. The molecule has 1 amide bonds. The van der Waals surface area contributed by atoms with E-state index in [1.165, 1.54) is 17.1 Å². The molecule has 4 aromatic rings. The van der Waals surface area contributed by atoms with Crippen LogP contribution in [0.4, 0.5) is 5.69 Å². The number of aromatic nitrogens is 4. The molecule has 31 heavy (non-hydrogen) atoms. The van der Waals surface area contributed by atoms with E-state index in [2.05, 4.69) is 22.2 Å². The summed E-state index contributed by atoms with van der Waals surface area (Å²) in [6, 6.07) is 14.0. The molecule has 0 saturated carbocycles. The number of hydrogen-bond donors (Lipinski definition) is 0. The van der Waals surface area contributed by atoms with Crippen molar-refractivity contribution in [2.75, 3.05) is 11.4 Å². The maximum absolute atomic E-state index is 13.1. The molecule has 1 aliphatic rings. The van der Waals surface area contributed by atoms with Gasteiger partial charge in [-0.25, -0.2) is 9.67 Å². The molecule has 2 aromatic carbocycles. The van der Waals surface area contributed by atoms with Crippen molar-refractivity contribution in [3.8, 4) is 5.69 Å². The Morgan fingerprint density at radius 3 is 2.77 bits per heavy atom. The summed E-state index contributed by atoms with van der Waals surface area (Å²) >= 11 is 0. The van der Waals surface area contributed by atoms with Crippen LogP contribution in [0.3, 0.4) is 0 Å². The number of rotatable bonds is 3. The molecule has 0 unspecified atom stereocenters. The van der Waals surface area contributed by atoms with Gasteiger partial charge in [0, 0.05) is 12.2 Å². The van der Waals surface area contributed by atoms with Gasteiger partial charge in [-0.3, -0.25) is 14.2 Å². The highest BCUT2D eigenvalue weighted by molar-refractivity contribution is 5.94. The quantitative estimate of drug-likeness (QED) is 0.517. The molecule has 0 fully saturated rings. The highest BCUT2D eigenvalue weighted by atomic mass is 16.2. The normalized spacial score (nSPS) is 13.4. The van der Waals surface area contributed by atoms with Crippen LogP contribution in [0, 0.1) is 13.8 Å². The fourth-order valence-electron chi connectivity index (χ4n) is 4.30. The van der Waals surface area contributed by atoms with Crippen LogP contribution in [0.15, 0.2) is 59.8 Å². The van der Waals surface area contributed by atoms with E-state index in [0.29, 0.717) is 17.6 Å². The minimum Gasteiger partial charge on any atom is -0.311 e. The van der Waals surface area contributed by atoms with Gasteiger partial charge in [0.15, 0.2) is 5.65 Å². The van der Waals surface area contributed by atoms with Crippen LogP contribution in [0.5, 0.6) is 0 Å². The van der Waals surface area contributed by atoms with Crippen molar-refractivity contribution in [2.24, 2.45) is 0 Å². The smallest absolute Gasteiger partial charge is 0.264 e. The standard InChI is InChI=1S/C24H23N5O2/c1-16-9-10-20(17(2)12-16)29-23-19(13-26-29)24(31)27(15-25-23)14-22(30)28-11-5-7-18-6-3-4-8-21(18)28/h3-4,6,8-10,12-13,15H,5,7,11,14H2,1-2H3. The largest absolute Gasteiger partial charge is 0.311 e. The maximum Gasteiger partial charge on any atom is 0.264 e. The van der Waals surface area contributed by atoms with E-state index < -0.39 is 0 Å². The molecule has 7 heteroatoms. The Labute approximate surface area is 179 Å². The maximum atomic E-state index is 13.1. The molecule has 0 N–H and O–H groups in total. The molecule has 5 rings (SSSR count). The first kappa shape index (κ1) is 19.2. The van der Waals surface area contributed by atoms with E-state index >= 15 is 0 Å². The predicted molar refractivity (Wildman–Crippen MR) is 120 cm³/mol. The van der Waals surface area contributed by atoms with Gasteiger partial charge in [0.05, 0.1) is 11.9 Å². The summed E-state index contributed by atoms with van der Waals surface area (Å²) in [7, 11) is 0. The van der Waals surface area contributed by atoms with Crippen molar-refractivity contribution in [1.29, 1.82) is 0 Å². The average Bonchev–Trinajstić information content (AvgIpc) is 3.20. The van der Waals surface area contributed by atoms with Gasteiger partial charge in [-0.05, 0) is 49.9 Å². The Morgan fingerprint density at radius 1 is 1.10 bits per heavy atom. The Balaban J connectivity index is 1.48. The van der Waals surface area contributed by atoms with Crippen LogP contribution in [0.2, 0.25) is 0 Å². The van der Waals surface area contributed by atoms with E-state index in [0.717, 1.165) is 40.9 Å². The van der Waals surface area contributed by atoms with Crippen molar-refractivity contribution in [3.63, 3.8) is 0 Å². The second-order valence-electron chi connectivity index (χ2n) is 8.04. The summed E-state index contributed by atoms with van der Waals surface area (Å²) in [5.74, 6) is -0.114. The van der Waals surface area contributed by atoms with E-state index in [4.69, 9.17) is 0 Å². The van der Waals surface area contributed by atoms with Gasteiger partial charge in [-0.2, -0.15) is 5.10 Å². The topological polar surface area (TPSA) is 73.0 Å². The van der Waals surface area contributed by atoms with Gasteiger partial charge >= 0.3 is 0 Å². The molecule has 0 saturated heterocycles. The number of carbonyl (C=O) groups is 1. The molecule has 0 atom stereocenters. The Morgan fingerprint density at radius 2 is 1.94 bits per heavy atom. The lowest BCUT2D eigenvalue weighted by molar-refractivity contribution is -0.119. The molecule has 0 aliphatic carbocycles. The molecule has 0 bridgehead atoms. The predicted octanol–water partition coefficient (Wildman–Crippen LogP) is 3.18. The molecule has 1 aliphatic heterocycles. The van der Waals surface area contributed by atoms with Crippen LogP contribution >= 0.6 is 0 Å². The van der Waals surface area contributed by atoms with Gasteiger partial charge in [0.2, 0.25) is 5.91 Å². The lowest BCUT2D eigenvalue weighted by atomic mass is 10.0. The third kappa shape index (κ3) is 3.32. The molecule has 156 valence electrons. The first-order valence-electron chi connectivity index (χ1n) is 10.4. The molecule has 7 nitrogen and oxygen atoms in total. The van der Waals surface area contributed by atoms with Gasteiger partial charge in [0.25, 0.3) is 5.56 Å². The van der Waals surface area contributed by atoms with Crippen molar-refractivity contribution >= 4 is 22.6 Å². The van der Waals surface area contributed by atoms with Crippen LogP contribution < -0.4 is 10.5 Å². The van der Waals surface area contributed by atoms with E-state index in [-0.39, 0.29) is 18.0 Å². The SMILES string of the molecule is Cc1ccc(-n2ncc3c(=O)n(CC(=O)N4CCCc5ccccc54)cnc32)c(C)c1. The Kier molecular flexibility index (Phi) is 4.66. The third-order valence-corrected chi connectivity index (χ3v) is 5.85. The summed E-state index contributed by atoms with van der Waals surface area (Å²) < 4.78 is 3.05. The summed E-state index contributed by atoms with van der Waals surface area (Å²) in [5.41, 5.74) is 5.41. The van der Waals surface area contributed by atoms with Gasteiger partial charge in [-0.15, -0.1) is 0 Å². The average molecular weight is 413 g/mol. The fraction of sp³-hybridized carbons (Fsp3) is 0.250. The van der Waals surface area contributed by atoms with Gasteiger partial charge in [0.1, 0.15) is 18.3 Å². The summed E-state index contributed by atoms with van der Waals surface area (Å²) in [6.07, 6.45) is 4.85. The van der Waals surface area contributed by atoms with Crippen LogP contribution in [0.1, 0.15) is 23.1 Å². The number of para-hydroxylation sites is 1. The van der Waals surface area contributed by atoms with Crippen LogP contribution in [-0.4, -0.2) is 31.8 Å². The number of aryl methyl sites for hydroxylation is 3. The van der Waals surface area contributed by atoms with Crippen molar-refractivity contribution < 1.29 is 4.79 Å². The minimum absolute atomic E-state index is 0.0507. The Hall–Kier alpha value is -3.74. The molecule has 0 spiro atoms. The van der Waals surface area contributed by atoms with Crippen molar-refractivity contribution in [2.45, 2.75) is 33.2 Å². The number of carbonyl (C=O) groups excluding carboxylic acids is 1. The summed E-state index contributed by atoms with van der Waals surface area (Å²) in [5, 5.41) is 4.80. The number of hydrogen-bond acceptors (Lipinski definition) is 4. The highest BCUT2D eigenvalue weighted by Gasteiger charge is 2.23. The highest BCUT2D eigenvalue weighted by Crippen LogP contribution is 2.27. The third-order valence-electron chi connectivity index (χ3n) is 5.85. The van der Waals surface area contributed by atoms with Gasteiger partial charge < -0.3 is 4.90 Å². The molecule has 0 radical (unpaired) electrons. The fourth-order valence-corrected chi connectivity index (χ4v) is 4.30. The number of amides is 1. The zero-order chi connectivity index (χ0) is 21.5. The molecular weight excluding hydrogens is 390 g/mol. The molecular formula is C24H23N5O2. The Bertz CT molecular complexity index is 1370. The van der Waals surface area contributed by atoms with Gasteiger partial charge in [-0.1, -0.05) is 35.9 Å². The van der Waals surface area contributed by atoms with Crippen LogP contribution in [0.25, 0.3) is 16.7 Å². The summed E-state index contributed by atoms with van der Waals surface area (Å²) in [4.78, 5) is 32.4. The second-order valence-corrected chi connectivity index (χ2v) is 8.04. The van der Waals surface area contributed by atoms with E-state index in [1.807, 2.05) is 44.2 Å². The zero-order valence-corrected chi connectivity index (χ0v) is 17.6. The zero-order valence-electron chi connectivity index (χ0n) is 17.6. The lowest BCUT2D eigenvalue weighted by Gasteiger charge is -2.29. The first-order chi connectivity index (χ1) is 15.0.